The molecule has 4 aliphatic rings. The number of alkyl halides is 1. The zero-order valence-corrected chi connectivity index (χ0v) is 23.3. The molecular formula is C31H51ClO2. The number of allylic oxidation sites excluding steroid dienone is 1. The van der Waals surface area contributed by atoms with E-state index in [1.54, 1.807) is 5.57 Å². The van der Waals surface area contributed by atoms with Gasteiger partial charge in [0, 0.05) is 11.8 Å². The van der Waals surface area contributed by atoms with Crippen LogP contribution < -0.4 is 0 Å². The lowest BCUT2D eigenvalue weighted by atomic mass is 9.47. The van der Waals surface area contributed by atoms with Gasteiger partial charge in [-0.25, -0.2) is 0 Å². The standard InChI is InChI=1S/C31H51ClO2/c1-5-6-7-8-9-10-11-23-13-15-27-26-14-12-24-21-25(34-29(33)20-22(2)32)16-18-31(24,4)28(26)17-19-30(23,27)3/h12,22-23,25-28H,5-11,13-21H2,1-4H3/t22?,23?,25-,26?,27?,28?,30+,31-/m0/s1. The third kappa shape index (κ3) is 5.42. The van der Waals surface area contributed by atoms with Gasteiger partial charge in [0.05, 0.1) is 6.42 Å². The van der Waals surface area contributed by atoms with Gasteiger partial charge in [0.25, 0.3) is 0 Å². The number of rotatable bonds is 10. The predicted octanol–water partition coefficient (Wildman–Crippen LogP) is 9.25. The quantitative estimate of drug-likeness (QED) is 0.132. The molecule has 0 radical (unpaired) electrons. The van der Waals surface area contributed by atoms with Crippen molar-refractivity contribution in [2.24, 2.45) is 34.5 Å². The van der Waals surface area contributed by atoms with Gasteiger partial charge in [0.1, 0.15) is 6.10 Å². The highest BCUT2D eigenvalue weighted by molar-refractivity contribution is 6.21. The van der Waals surface area contributed by atoms with Crippen molar-refractivity contribution in [1.29, 1.82) is 0 Å². The van der Waals surface area contributed by atoms with Gasteiger partial charge in [-0.1, -0.05) is 70.9 Å². The van der Waals surface area contributed by atoms with Gasteiger partial charge in [0.2, 0.25) is 0 Å². The molecule has 3 fully saturated rings. The van der Waals surface area contributed by atoms with Crippen LogP contribution in [0.15, 0.2) is 11.6 Å². The van der Waals surface area contributed by atoms with Crippen molar-refractivity contribution in [3.8, 4) is 0 Å². The van der Waals surface area contributed by atoms with Crippen LogP contribution in [0, 0.1) is 34.5 Å². The van der Waals surface area contributed by atoms with Crippen molar-refractivity contribution in [2.45, 2.75) is 142 Å². The summed E-state index contributed by atoms with van der Waals surface area (Å²) in [6.45, 7) is 9.41. The molecule has 0 saturated heterocycles. The summed E-state index contributed by atoms with van der Waals surface area (Å²) in [5, 5.41) is -0.149. The Hall–Kier alpha value is -0.500. The first-order valence-corrected chi connectivity index (χ1v) is 15.2. The van der Waals surface area contributed by atoms with Crippen LogP contribution in [0.3, 0.4) is 0 Å². The lowest BCUT2D eigenvalue weighted by Crippen LogP contribution is -2.50. The Morgan fingerprint density at radius 3 is 2.59 bits per heavy atom. The second-order valence-corrected chi connectivity index (χ2v) is 13.7. The monoisotopic (exact) mass is 490 g/mol. The summed E-state index contributed by atoms with van der Waals surface area (Å²) in [6, 6.07) is 0. The molecule has 8 atom stereocenters. The number of esters is 1. The number of carbonyl (C=O) groups excluding carboxylic acids is 1. The summed E-state index contributed by atoms with van der Waals surface area (Å²) < 4.78 is 5.84. The van der Waals surface area contributed by atoms with Crippen LogP contribution in [0.5, 0.6) is 0 Å². The number of carbonyl (C=O) groups is 1. The number of fused-ring (bicyclic) bond motifs is 5. The van der Waals surface area contributed by atoms with Gasteiger partial charge in [0.15, 0.2) is 0 Å². The molecular weight excluding hydrogens is 440 g/mol. The van der Waals surface area contributed by atoms with E-state index in [0.29, 0.717) is 17.3 Å². The lowest BCUT2D eigenvalue weighted by Gasteiger charge is -2.58. The molecule has 0 aromatic rings. The Balaban J connectivity index is 1.36. The largest absolute Gasteiger partial charge is 0.462 e. The van der Waals surface area contributed by atoms with Crippen molar-refractivity contribution < 1.29 is 9.53 Å². The van der Waals surface area contributed by atoms with E-state index >= 15 is 0 Å². The van der Waals surface area contributed by atoms with Gasteiger partial charge in [-0.15, -0.1) is 11.6 Å². The van der Waals surface area contributed by atoms with Crippen LogP contribution in [0.4, 0.5) is 0 Å². The summed E-state index contributed by atoms with van der Waals surface area (Å²) >= 11 is 6.01. The van der Waals surface area contributed by atoms with Crippen LogP contribution >= 0.6 is 11.6 Å². The summed E-state index contributed by atoms with van der Waals surface area (Å²) in [6.07, 6.45) is 23.2. The molecule has 0 aromatic carbocycles. The average Bonchev–Trinajstić information content (AvgIpc) is 3.12. The van der Waals surface area contributed by atoms with E-state index in [1.165, 1.54) is 83.5 Å². The average molecular weight is 491 g/mol. The van der Waals surface area contributed by atoms with E-state index in [0.717, 1.165) is 36.5 Å². The molecule has 0 heterocycles. The van der Waals surface area contributed by atoms with E-state index in [4.69, 9.17) is 16.3 Å². The summed E-state index contributed by atoms with van der Waals surface area (Å²) in [5.74, 6) is 3.46. The van der Waals surface area contributed by atoms with E-state index in [9.17, 15) is 4.79 Å². The van der Waals surface area contributed by atoms with Gasteiger partial charge < -0.3 is 4.74 Å². The fraction of sp³-hybridized carbons (Fsp3) is 0.903. The van der Waals surface area contributed by atoms with E-state index in [2.05, 4.69) is 26.8 Å². The van der Waals surface area contributed by atoms with Crippen LogP contribution in [0.25, 0.3) is 0 Å². The minimum absolute atomic E-state index is 0.0563. The molecule has 194 valence electrons. The first-order valence-electron chi connectivity index (χ1n) is 14.8. The number of hydrogen-bond donors (Lipinski definition) is 0. The first-order chi connectivity index (χ1) is 16.3. The Bertz CT molecular complexity index is 729. The molecule has 0 N–H and O–H groups in total. The maximum atomic E-state index is 12.2. The van der Waals surface area contributed by atoms with Crippen LogP contribution in [0.1, 0.15) is 130 Å². The van der Waals surface area contributed by atoms with Gasteiger partial charge >= 0.3 is 5.97 Å². The van der Waals surface area contributed by atoms with Crippen molar-refractivity contribution in [3.05, 3.63) is 11.6 Å². The van der Waals surface area contributed by atoms with Crippen LogP contribution in [-0.4, -0.2) is 17.5 Å². The second-order valence-electron chi connectivity index (χ2n) is 13.0. The first kappa shape index (κ1) is 26.6. The molecule has 3 heteroatoms. The molecule has 5 unspecified atom stereocenters. The molecule has 34 heavy (non-hydrogen) atoms. The zero-order valence-electron chi connectivity index (χ0n) is 22.5. The Kier molecular flexibility index (Phi) is 8.80. The number of ether oxygens (including phenoxy) is 1. The maximum Gasteiger partial charge on any atom is 0.307 e. The topological polar surface area (TPSA) is 26.3 Å². The van der Waals surface area contributed by atoms with Crippen molar-refractivity contribution >= 4 is 17.6 Å². The van der Waals surface area contributed by atoms with Crippen LogP contribution in [0.2, 0.25) is 0 Å². The molecule has 0 bridgehead atoms. The second kappa shape index (κ2) is 11.3. The third-order valence-electron chi connectivity index (χ3n) is 10.9. The smallest absolute Gasteiger partial charge is 0.307 e. The van der Waals surface area contributed by atoms with Crippen LogP contribution in [-0.2, 0) is 9.53 Å². The molecule has 0 amide bonds. The van der Waals surface area contributed by atoms with Crippen molar-refractivity contribution in [3.63, 3.8) is 0 Å². The Morgan fingerprint density at radius 1 is 1.06 bits per heavy atom. The van der Waals surface area contributed by atoms with E-state index in [-0.39, 0.29) is 17.5 Å². The predicted molar refractivity (Wildman–Crippen MR) is 143 cm³/mol. The molecule has 0 aromatic heterocycles. The molecule has 2 nitrogen and oxygen atoms in total. The molecule has 3 saturated carbocycles. The summed E-state index contributed by atoms with van der Waals surface area (Å²) in [5.41, 5.74) is 2.50. The highest BCUT2D eigenvalue weighted by atomic mass is 35.5. The van der Waals surface area contributed by atoms with Gasteiger partial charge in [-0.3, -0.25) is 4.79 Å². The SMILES string of the molecule is CCCCCCCCC1CCC2C3CC=C4C[C@@H](OC(=O)CC(C)Cl)CC[C@]4(C)C3CC[C@]12C. The number of unbranched alkanes of at least 4 members (excludes halogenated alkanes) is 5. The summed E-state index contributed by atoms with van der Waals surface area (Å²) in [7, 11) is 0. The lowest BCUT2D eigenvalue weighted by molar-refractivity contribution is -0.151. The van der Waals surface area contributed by atoms with Gasteiger partial charge in [-0.05, 0) is 92.8 Å². The molecule has 0 aliphatic heterocycles. The maximum absolute atomic E-state index is 12.2. The molecule has 4 aliphatic carbocycles. The van der Waals surface area contributed by atoms with Crippen molar-refractivity contribution in [1.82, 2.24) is 0 Å². The fourth-order valence-electron chi connectivity index (χ4n) is 8.95. The zero-order chi connectivity index (χ0) is 24.3. The van der Waals surface area contributed by atoms with Crippen molar-refractivity contribution in [2.75, 3.05) is 0 Å². The number of halogens is 1. The highest BCUT2D eigenvalue weighted by Gasteiger charge is 2.58. The molecule has 0 spiro atoms. The Morgan fingerprint density at radius 2 is 1.82 bits per heavy atom. The normalized spacial score (nSPS) is 40.0. The fourth-order valence-corrected chi connectivity index (χ4v) is 9.07. The third-order valence-corrected chi connectivity index (χ3v) is 11.1. The Labute approximate surface area is 215 Å². The van der Waals surface area contributed by atoms with Gasteiger partial charge in [-0.2, -0.15) is 0 Å². The van der Waals surface area contributed by atoms with E-state index in [1.807, 2.05) is 6.92 Å². The minimum Gasteiger partial charge on any atom is -0.462 e. The molecule has 4 rings (SSSR count). The minimum atomic E-state index is -0.149. The number of hydrogen-bond acceptors (Lipinski definition) is 2. The van der Waals surface area contributed by atoms with E-state index < -0.39 is 0 Å². The summed E-state index contributed by atoms with van der Waals surface area (Å²) in [4.78, 5) is 12.2. The highest BCUT2D eigenvalue weighted by Crippen LogP contribution is 2.66.